The monoisotopic (exact) mass is 243 g/mol. The van der Waals surface area contributed by atoms with Gasteiger partial charge in [0, 0.05) is 0 Å². The maximum Gasteiger partial charge on any atom is 0.255 e. The molecule has 1 aromatic rings. The van der Waals surface area contributed by atoms with E-state index in [1.165, 1.54) is 4.90 Å². The van der Waals surface area contributed by atoms with Crippen molar-refractivity contribution in [3.05, 3.63) is 35.9 Å². The van der Waals surface area contributed by atoms with Gasteiger partial charge in [0.15, 0.2) is 0 Å². The number of rotatable bonds is 5. The lowest BCUT2D eigenvalue weighted by atomic mass is 10.0. The van der Waals surface area contributed by atoms with Crippen molar-refractivity contribution in [3.8, 4) is 12.1 Å². The number of amides is 1. The molecule has 1 aromatic carbocycles. The number of benzene rings is 1. The predicted molar refractivity (Wildman–Crippen MR) is 64.3 cm³/mol. The third-order valence-corrected chi connectivity index (χ3v) is 2.42. The third-order valence-electron chi connectivity index (χ3n) is 2.42. The summed E-state index contributed by atoms with van der Waals surface area (Å²) in [6.45, 7) is -0.0545. The number of nitrogens with zero attached hydrogens (tertiary/aromatic N) is 3. The molecule has 1 unspecified atom stereocenters. The molecular weight excluding hydrogens is 230 g/mol. The summed E-state index contributed by atoms with van der Waals surface area (Å²) in [5.41, 5.74) is 2.75. The molecule has 0 aliphatic heterocycles. The molecule has 18 heavy (non-hydrogen) atoms. The van der Waals surface area contributed by atoms with E-state index in [4.69, 9.17) is 16.4 Å². The van der Waals surface area contributed by atoms with Crippen LogP contribution in [-0.2, 0) is 4.79 Å². The van der Waals surface area contributed by atoms with E-state index in [1.807, 2.05) is 18.2 Å². The maximum atomic E-state index is 11.8. The zero-order valence-corrected chi connectivity index (χ0v) is 9.71. The fraction of sp³-hybridized carbons (Fsp3) is 0.250. The first-order valence-corrected chi connectivity index (χ1v) is 5.28. The Bertz CT molecular complexity index is 457. The minimum Gasteiger partial charge on any atom is -0.293 e. The largest absolute Gasteiger partial charge is 0.293 e. The Morgan fingerprint density at radius 3 is 2.28 bits per heavy atom. The van der Waals surface area contributed by atoms with Crippen molar-refractivity contribution in [1.82, 2.24) is 10.3 Å². The summed E-state index contributed by atoms with van der Waals surface area (Å²) >= 11 is 0. The van der Waals surface area contributed by atoms with Gasteiger partial charge in [0.05, 0.1) is 25.2 Å². The summed E-state index contributed by atoms with van der Waals surface area (Å²) in [5, 5.41) is 17.5. The normalized spacial score (nSPS) is 11.3. The zero-order valence-electron chi connectivity index (χ0n) is 9.71. The Hall–Kier alpha value is -2.41. The molecule has 0 aliphatic rings. The molecule has 92 valence electrons. The first kappa shape index (κ1) is 13.7. The highest BCUT2D eigenvalue weighted by Gasteiger charge is 2.26. The van der Waals surface area contributed by atoms with Gasteiger partial charge in [-0.1, -0.05) is 30.3 Å². The molecule has 1 atom stereocenters. The van der Waals surface area contributed by atoms with Crippen molar-refractivity contribution in [2.75, 3.05) is 13.1 Å². The summed E-state index contributed by atoms with van der Waals surface area (Å²) in [5.74, 6) is 4.70. The SMILES string of the molecule is N#CCN(CC#N)C(C(=O)NN)c1ccccc1. The highest BCUT2D eigenvalue weighted by Crippen LogP contribution is 2.20. The van der Waals surface area contributed by atoms with Gasteiger partial charge in [-0.15, -0.1) is 0 Å². The average Bonchev–Trinajstić information content (AvgIpc) is 2.40. The molecule has 6 heteroatoms. The van der Waals surface area contributed by atoms with Crippen LogP contribution in [0.25, 0.3) is 0 Å². The molecule has 0 radical (unpaired) electrons. The molecule has 0 spiro atoms. The van der Waals surface area contributed by atoms with Crippen LogP contribution in [0.4, 0.5) is 0 Å². The van der Waals surface area contributed by atoms with E-state index in [1.54, 1.807) is 24.3 Å². The van der Waals surface area contributed by atoms with Gasteiger partial charge in [-0.2, -0.15) is 10.5 Å². The smallest absolute Gasteiger partial charge is 0.255 e. The van der Waals surface area contributed by atoms with Crippen molar-refractivity contribution in [2.45, 2.75) is 6.04 Å². The Morgan fingerprint density at radius 2 is 1.83 bits per heavy atom. The first-order chi connectivity index (χ1) is 8.74. The van der Waals surface area contributed by atoms with Crippen LogP contribution in [0.2, 0.25) is 0 Å². The second-order valence-corrected chi connectivity index (χ2v) is 3.54. The summed E-state index contributed by atoms with van der Waals surface area (Å²) in [7, 11) is 0. The van der Waals surface area contributed by atoms with Gasteiger partial charge in [0.2, 0.25) is 0 Å². The van der Waals surface area contributed by atoms with Crippen molar-refractivity contribution < 1.29 is 4.79 Å². The van der Waals surface area contributed by atoms with Crippen molar-refractivity contribution in [1.29, 1.82) is 10.5 Å². The fourth-order valence-corrected chi connectivity index (χ4v) is 1.66. The highest BCUT2D eigenvalue weighted by atomic mass is 16.2. The second-order valence-electron chi connectivity index (χ2n) is 3.54. The topological polar surface area (TPSA) is 106 Å². The number of carbonyl (C=O) groups excluding carboxylic acids is 1. The molecule has 0 saturated carbocycles. The van der Waals surface area contributed by atoms with E-state index in [9.17, 15) is 4.79 Å². The molecule has 3 N–H and O–H groups in total. The molecule has 1 rings (SSSR count). The number of carbonyl (C=O) groups is 1. The van der Waals surface area contributed by atoms with Crippen molar-refractivity contribution in [2.24, 2.45) is 5.84 Å². The fourth-order valence-electron chi connectivity index (χ4n) is 1.66. The molecule has 6 nitrogen and oxygen atoms in total. The number of nitrogens with one attached hydrogen (secondary N) is 1. The second kappa shape index (κ2) is 7.02. The number of hydrogen-bond acceptors (Lipinski definition) is 5. The lowest BCUT2D eigenvalue weighted by Crippen LogP contribution is -2.43. The number of hydrogen-bond donors (Lipinski definition) is 2. The van der Waals surface area contributed by atoms with E-state index in [2.05, 4.69) is 5.43 Å². The zero-order chi connectivity index (χ0) is 13.4. The van der Waals surface area contributed by atoms with Crippen molar-refractivity contribution >= 4 is 5.91 Å². The van der Waals surface area contributed by atoms with Crippen LogP contribution in [0.1, 0.15) is 11.6 Å². The molecule has 0 bridgehead atoms. The first-order valence-electron chi connectivity index (χ1n) is 5.28. The van der Waals surface area contributed by atoms with E-state index in [0.717, 1.165) is 0 Å². The molecule has 0 aromatic heterocycles. The lowest BCUT2D eigenvalue weighted by Gasteiger charge is -2.26. The van der Waals surface area contributed by atoms with Crippen LogP contribution in [-0.4, -0.2) is 23.9 Å². The number of nitrogens with two attached hydrogens (primary N) is 1. The van der Waals surface area contributed by atoms with Gasteiger partial charge in [-0.3, -0.25) is 15.1 Å². The van der Waals surface area contributed by atoms with Crippen LogP contribution in [0.15, 0.2) is 30.3 Å². The highest BCUT2D eigenvalue weighted by molar-refractivity contribution is 5.82. The average molecular weight is 243 g/mol. The summed E-state index contributed by atoms with van der Waals surface area (Å²) in [6, 6.07) is 12.0. The summed E-state index contributed by atoms with van der Waals surface area (Å²) in [4.78, 5) is 13.3. The predicted octanol–water partition coefficient (Wildman–Crippen LogP) is 0.0668. The van der Waals surface area contributed by atoms with Gasteiger partial charge in [0.25, 0.3) is 5.91 Å². The molecule has 0 heterocycles. The van der Waals surface area contributed by atoms with Gasteiger partial charge in [0.1, 0.15) is 6.04 Å². The van der Waals surface area contributed by atoms with Gasteiger partial charge in [-0.25, -0.2) is 5.84 Å². The van der Waals surface area contributed by atoms with Crippen LogP contribution in [0.3, 0.4) is 0 Å². The third kappa shape index (κ3) is 3.29. The molecule has 0 saturated heterocycles. The van der Waals surface area contributed by atoms with Crippen LogP contribution >= 0.6 is 0 Å². The summed E-state index contributed by atoms with van der Waals surface area (Å²) in [6.07, 6.45) is 0. The summed E-state index contributed by atoms with van der Waals surface area (Å²) < 4.78 is 0. The van der Waals surface area contributed by atoms with Crippen LogP contribution in [0, 0.1) is 22.7 Å². The number of nitriles is 2. The lowest BCUT2D eigenvalue weighted by molar-refractivity contribution is -0.126. The molecule has 0 fully saturated rings. The molecule has 0 aliphatic carbocycles. The van der Waals surface area contributed by atoms with Gasteiger partial charge < -0.3 is 0 Å². The van der Waals surface area contributed by atoms with Crippen LogP contribution < -0.4 is 11.3 Å². The Kier molecular flexibility index (Phi) is 5.33. The Balaban J connectivity index is 3.08. The maximum absolute atomic E-state index is 11.8. The Morgan fingerprint density at radius 1 is 1.28 bits per heavy atom. The Labute approximate surface area is 105 Å². The minimum atomic E-state index is -0.740. The van der Waals surface area contributed by atoms with Crippen LogP contribution in [0.5, 0.6) is 0 Å². The van der Waals surface area contributed by atoms with E-state index in [-0.39, 0.29) is 13.1 Å². The van der Waals surface area contributed by atoms with Gasteiger partial charge >= 0.3 is 0 Å². The van der Waals surface area contributed by atoms with E-state index < -0.39 is 11.9 Å². The number of hydrazine groups is 1. The van der Waals surface area contributed by atoms with E-state index >= 15 is 0 Å². The quantitative estimate of drug-likeness (QED) is 0.329. The van der Waals surface area contributed by atoms with E-state index in [0.29, 0.717) is 5.56 Å². The minimum absolute atomic E-state index is 0.0272. The molecule has 1 amide bonds. The standard InChI is InChI=1S/C12H13N5O/c13-6-8-17(9-7-14)11(12(18)16-15)10-4-2-1-3-5-10/h1-5,11H,8-9,15H2,(H,16,18). The van der Waals surface area contributed by atoms with Gasteiger partial charge in [-0.05, 0) is 5.56 Å². The van der Waals surface area contributed by atoms with Crippen molar-refractivity contribution in [3.63, 3.8) is 0 Å². The molecular formula is C12H13N5O.